The fraction of sp³-hybridized carbons (Fsp3) is 0.970. The highest BCUT2D eigenvalue weighted by Gasteiger charge is 2.12. The molecule has 0 amide bonds. The van der Waals surface area contributed by atoms with Crippen LogP contribution in [-0.4, -0.2) is 27.3 Å². The molecule has 0 atom stereocenters. The predicted octanol–water partition coefficient (Wildman–Crippen LogP) is 11.6. The Balaban J connectivity index is 3.06. The summed E-state index contributed by atoms with van der Waals surface area (Å²) < 4.78 is 15.7. The van der Waals surface area contributed by atoms with E-state index in [2.05, 4.69) is 22.5 Å². The minimum Gasteiger partial charge on any atom is -0.371 e. The molecule has 0 aliphatic rings. The second-order valence-electron chi connectivity index (χ2n) is 12.2. The Morgan fingerprint density at radius 1 is 0.488 bits per heavy atom. The van der Waals surface area contributed by atoms with E-state index in [1.165, 1.54) is 173 Å². The topological polar surface area (TPSA) is 78.8 Å². The molecule has 0 saturated carbocycles. The van der Waals surface area contributed by atoms with Gasteiger partial charge >= 0.3 is 7.82 Å². The lowest BCUT2D eigenvalue weighted by Crippen LogP contribution is -2.17. The number of unbranched alkanes of at least 4 members (excludes halogenated alkanes) is 29. The van der Waals surface area contributed by atoms with Gasteiger partial charge in [0.2, 0.25) is 0 Å². The Morgan fingerprint density at radius 3 is 0.927 bits per heavy atom. The smallest absolute Gasteiger partial charge is 0.371 e. The van der Waals surface area contributed by atoms with Gasteiger partial charge in [-0.2, -0.15) is 0 Å². The Kier molecular flexibility index (Phi) is 33.5. The summed E-state index contributed by atoms with van der Waals surface area (Å²) in [6.45, 7) is 1.14. The second-order valence-corrected chi connectivity index (χ2v) is 14.6. The molecule has 0 aromatic rings. The quantitative estimate of drug-likeness (QED) is 0.0243. The van der Waals surface area contributed by atoms with Gasteiger partial charge in [-0.05, 0) is 12.8 Å². The van der Waals surface area contributed by atoms with Crippen LogP contribution in [0.1, 0.15) is 193 Å². The minimum absolute atomic E-state index is 0.167. The summed E-state index contributed by atoms with van der Waals surface area (Å²) in [7, 11) is -4.27. The normalized spacial score (nSPS) is 11.8. The van der Waals surface area contributed by atoms with Crippen LogP contribution in [0.25, 0.3) is 0 Å². The lowest BCUT2D eigenvalue weighted by molar-refractivity contribution is 0.193. The van der Waals surface area contributed by atoms with Gasteiger partial charge in [-0.1, -0.05) is 192 Å². The van der Waals surface area contributed by atoms with Crippen LogP contribution in [0.5, 0.6) is 0 Å². The third kappa shape index (κ3) is 40.4. The predicted molar refractivity (Wildman–Crippen MR) is 186 cm³/mol. The van der Waals surface area contributed by atoms with E-state index in [1.807, 2.05) is 0 Å². The number of rotatable bonds is 34. The summed E-state index contributed by atoms with van der Waals surface area (Å²) in [6.07, 6.45) is 40.5. The van der Waals surface area contributed by atoms with E-state index in [0.717, 1.165) is 25.8 Å². The highest BCUT2D eigenvalue weighted by molar-refractivity contribution is 8.11. The van der Waals surface area contributed by atoms with Crippen molar-refractivity contribution in [1.82, 2.24) is 5.32 Å². The average Bonchev–Trinajstić information content (AvgIpc) is 2.92. The highest BCUT2D eigenvalue weighted by atomic mass is 32.1. The van der Waals surface area contributed by atoms with E-state index in [0.29, 0.717) is 4.32 Å². The molecular formula is C33H68NO4PS2. The summed E-state index contributed by atoms with van der Waals surface area (Å²) >= 11 is 8.97. The zero-order valence-corrected chi connectivity index (χ0v) is 29.2. The molecule has 0 aromatic carbocycles. The van der Waals surface area contributed by atoms with E-state index >= 15 is 0 Å². The van der Waals surface area contributed by atoms with Gasteiger partial charge in [-0.15, -0.1) is 12.6 Å². The zero-order valence-electron chi connectivity index (χ0n) is 26.6. The van der Waals surface area contributed by atoms with Gasteiger partial charge in [0.1, 0.15) is 4.32 Å². The fourth-order valence-electron chi connectivity index (χ4n) is 5.56. The minimum atomic E-state index is -4.27. The Labute approximate surface area is 266 Å². The van der Waals surface area contributed by atoms with Gasteiger partial charge in [0, 0.05) is 6.54 Å². The lowest BCUT2D eigenvalue weighted by atomic mass is 10.0. The maximum absolute atomic E-state index is 10.6. The first kappa shape index (κ1) is 41.4. The molecule has 0 fully saturated rings. The summed E-state index contributed by atoms with van der Waals surface area (Å²) in [6, 6.07) is 0. The summed E-state index contributed by atoms with van der Waals surface area (Å²) in [5.74, 6) is 0. The van der Waals surface area contributed by atoms with E-state index in [-0.39, 0.29) is 6.61 Å². The van der Waals surface area contributed by atoms with Crippen LogP contribution in [-0.2, 0) is 9.09 Å². The van der Waals surface area contributed by atoms with Gasteiger partial charge < -0.3 is 15.1 Å². The molecule has 246 valence electrons. The van der Waals surface area contributed by atoms with E-state index in [4.69, 9.17) is 22.0 Å². The number of thiol groups is 1. The maximum atomic E-state index is 10.6. The van der Waals surface area contributed by atoms with Gasteiger partial charge in [0.25, 0.3) is 0 Å². The number of phosphoric ester groups is 1. The second kappa shape index (κ2) is 33.2. The van der Waals surface area contributed by atoms with Gasteiger partial charge in [0.15, 0.2) is 0 Å². The summed E-state index contributed by atoms with van der Waals surface area (Å²) in [5.41, 5.74) is 0. The average molecular weight is 638 g/mol. The van der Waals surface area contributed by atoms with Crippen molar-refractivity contribution in [2.24, 2.45) is 0 Å². The van der Waals surface area contributed by atoms with Gasteiger partial charge in [-0.25, -0.2) is 4.57 Å². The number of thiocarbonyl (C=S) groups is 1. The monoisotopic (exact) mass is 637 g/mol. The highest BCUT2D eigenvalue weighted by Crippen LogP contribution is 2.35. The first-order valence-corrected chi connectivity index (χ1v) is 20.0. The van der Waals surface area contributed by atoms with Crippen molar-refractivity contribution < 1.29 is 18.9 Å². The third-order valence-electron chi connectivity index (χ3n) is 8.11. The van der Waals surface area contributed by atoms with Crippen molar-refractivity contribution in [2.75, 3.05) is 13.2 Å². The van der Waals surface area contributed by atoms with Crippen LogP contribution in [0.4, 0.5) is 0 Å². The van der Waals surface area contributed by atoms with Crippen molar-refractivity contribution in [3.8, 4) is 0 Å². The van der Waals surface area contributed by atoms with Crippen LogP contribution in [0.15, 0.2) is 0 Å². The molecule has 0 aromatic heterocycles. The molecule has 8 heteroatoms. The Hall–Kier alpha value is 0.350. The van der Waals surface area contributed by atoms with Crippen LogP contribution < -0.4 is 5.32 Å². The van der Waals surface area contributed by atoms with Gasteiger partial charge in [0.05, 0.1) is 6.61 Å². The molecule has 0 aliphatic carbocycles. The van der Waals surface area contributed by atoms with Crippen LogP contribution in [0.3, 0.4) is 0 Å². The van der Waals surface area contributed by atoms with E-state index in [1.54, 1.807) is 0 Å². The first-order chi connectivity index (χ1) is 19.9. The maximum Gasteiger partial charge on any atom is 0.469 e. The van der Waals surface area contributed by atoms with Crippen LogP contribution in [0.2, 0.25) is 0 Å². The third-order valence-corrected chi connectivity index (χ3v) is 8.93. The molecule has 0 rings (SSSR count). The standard InChI is InChI=1S/C33H68NO4PS2/c35-39(36,37)38-32-30-28-26-24-22-20-18-16-14-12-10-8-6-4-2-1-3-5-7-9-11-13-15-17-19-21-23-25-27-29-31-34-33(40)41/h1-32H2,(H2,34,40,41)(H2,35,36,37). The van der Waals surface area contributed by atoms with Crippen molar-refractivity contribution in [3.63, 3.8) is 0 Å². The Bertz CT molecular complexity index is 592. The van der Waals surface area contributed by atoms with Gasteiger partial charge in [-0.3, -0.25) is 4.52 Å². The summed E-state index contributed by atoms with van der Waals surface area (Å²) in [5, 5.41) is 3.11. The number of nitrogens with one attached hydrogen (secondary N) is 1. The lowest BCUT2D eigenvalue weighted by Gasteiger charge is -2.05. The molecule has 41 heavy (non-hydrogen) atoms. The van der Waals surface area contributed by atoms with Crippen molar-refractivity contribution in [3.05, 3.63) is 0 Å². The molecule has 0 saturated heterocycles. The van der Waals surface area contributed by atoms with Crippen molar-refractivity contribution in [2.45, 2.75) is 193 Å². The molecule has 3 N–H and O–H groups in total. The fourth-order valence-corrected chi connectivity index (χ4v) is 6.14. The molecule has 0 heterocycles. The van der Waals surface area contributed by atoms with E-state index < -0.39 is 7.82 Å². The number of phosphoric acid groups is 1. The molecular weight excluding hydrogens is 569 g/mol. The van der Waals surface area contributed by atoms with Crippen molar-refractivity contribution in [1.29, 1.82) is 0 Å². The summed E-state index contributed by atoms with van der Waals surface area (Å²) in [4.78, 5) is 17.3. The largest absolute Gasteiger partial charge is 0.469 e. The Morgan fingerprint density at radius 2 is 0.707 bits per heavy atom. The first-order valence-electron chi connectivity index (χ1n) is 17.6. The molecule has 0 spiro atoms. The van der Waals surface area contributed by atoms with Crippen molar-refractivity contribution >= 4 is 37.0 Å². The number of hydrogen-bond donors (Lipinski definition) is 4. The zero-order chi connectivity index (χ0) is 30.1. The molecule has 0 radical (unpaired) electrons. The van der Waals surface area contributed by atoms with Crippen LogP contribution >= 0.6 is 32.7 Å². The molecule has 5 nitrogen and oxygen atoms in total. The number of hydrogen-bond acceptors (Lipinski definition) is 3. The molecule has 0 aliphatic heterocycles. The van der Waals surface area contributed by atoms with Crippen LogP contribution in [0, 0.1) is 0 Å². The molecule has 0 bridgehead atoms. The van der Waals surface area contributed by atoms with E-state index in [9.17, 15) is 4.57 Å². The molecule has 0 unspecified atom stereocenters. The SMILES string of the molecule is O=P(O)(O)OCCCCCCCCCCCCCCCCCCCCCCCCCCCCCCCCNC(=S)S.